The Morgan fingerprint density at radius 3 is 2.14 bits per heavy atom. The molecule has 1 heterocycles. The highest BCUT2D eigenvalue weighted by atomic mass is 35.5. The average molecular weight is 451 g/mol. The summed E-state index contributed by atoms with van der Waals surface area (Å²) in [6.45, 7) is 3.95. The van der Waals surface area contributed by atoms with Crippen molar-refractivity contribution in [3.63, 3.8) is 0 Å². The molecule has 3 rings (SSSR count). The number of piperazine rings is 1. The van der Waals surface area contributed by atoms with Crippen LogP contribution < -0.4 is 4.90 Å². The lowest BCUT2D eigenvalue weighted by molar-refractivity contribution is -0.129. The summed E-state index contributed by atoms with van der Waals surface area (Å²) in [5.41, 5.74) is 1.82. The second-order valence-corrected chi connectivity index (χ2v) is 7.16. The third kappa shape index (κ3) is 6.01. The Hall–Kier alpha value is -1.95. The molecule has 1 saturated heterocycles. The number of carbonyl (C=O) groups is 2. The molecule has 29 heavy (non-hydrogen) atoms. The zero-order chi connectivity index (χ0) is 21.4. The van der Waals surface area contributed by atoms with Crippen molar-refractivity contribution >= 4 is 59.3 Å². The lowest BCUT2D eigenvalue weighted by Crippen LogP contribution is -2.49. The summed E-state index contributed by atoms with van der Waals surface area (Å²) in [6, 6.07) is 15.2. The molecule has 2 aromatic rings. The zero-order valence-electron chi connectivity index (χ0n) is 16.4. The molecule has 0 aliphatic carbocycles. The highest BCUT2D eigenvalue weighted by molar-refractivity contribution is 7.79. The fraction of sp³-hybridized carbons (Fsp3) is 0.273. The molecule has 0 N–H and O–H groups in total. The first-order valence-electron chi connectivity index (χ1n) is 9.18. The van der Waals surface area contributed by atoms with Crippen molar-refractivity contribution in [2.45, 2.75) is 6.92 Å². The van der Waals surface area contributed by atoms with E-state index in [1.165, 1.54) is 13.0 Å². The summed E-state index contributed by atoms with van der Waals surface area (Å²) in [6.07, 6.45) is 3.22. The van der Waals surface area contributed by atoms with Gasteiger partial charge in [-0.3, -0.25) is 9.59 Å². The van der Waals surface area contributed by atoms with Gasteiger partial charge in [-0.1, -0.05) is 53.5 Å². The van der Waals surface area contributed by atoms with E-state index >= 15 is 0 Å². The maximum absolute atomic E-state index is 12.9. The van der Waals surface area contributed by atoms with Gasteiger partial charge in [-0.15, -0.1) is 0 Å². The number of halogens is 2. The second kappa shape index (κ2) is 11.3. The van der Waals surface area contributed by atoms with E-state index in [0.717, 1.165) is 18.8 Å². The molecule has 1 aliphatic heterocycles. The molecule has 0 unspecified atom stereocenters. The SMILES string of the molecule is CC(=O)/C(=C\c1cccc(Cl)c1Cl)C(=O)N1CCN(c2ccccc2)CC1.CS. The summed E-state index contributed by atoms with van der Waals surface area (Å²) in [7, 11) is 0. The smallest absolute Gasteiger partial charge is 0.257 e. The minimum atomic E-state index is -0.290. The first-order chi connectivity index (χ1) is 14.0. The summed E-state index contributed by atoms with van der Waals surface area (Å²) in [4.78, 5) is 29.0. The number of carbonyl (C=O) groups excluding carboxylic acids is 2. The van der Waals surface area contributed by atoms with Crippen LogP contribution in [0, 0.1) is 0 Å². The monoisotopic (exact) mass is 450 g/mol. The number of benzene rings is 2. The third-order valence-electron chi connectivity index (χ3n) is 4.58. The number of Topliss-reactive ketones (excluding diaryl/α,β-unsaturated/α-hetero) is 1. The van der Waals surface area contributed by atoms with E-state index in [0.29, 0.717) is 28.7 Å². The summed E-state index contributed by atoms with van der Waals surface area (Å²) < 4.78 is 0. The first kappa shape index (κ1) is 23.3. The van der Waals surface area contributed by atoms with Crippen LogP contribution in [0.1, 0.15) is 12.5 Å². The molecule has 4 nitrogen and oxygen atoms in total. The van der Waals surface area contributed by atoms with Crippen molar-refractivity contribution in [2.75, 3.05) is 37.3 Å². The third-order valence-corrected chi connectivity index (χ3v) is 5.41. The normalized spacial score (nSPS) is 14.2. The minimum absolute atomic E-state index is 0.118. The Labute approximate surface area is 187 Å². The molecule has 0 atom stereocenters. The quantitative estimate of drug-likeness (QED) is 0.312. The zero-order valence-corrected chi connectivity index (χ0v) is 18.8. The van der Waals surface area contributed by atoms with Crippen molar-refractivity contribution in [1.82, 2.24) is 4.90 Å². The number of thiol groups is 1. The van der Waals surface area contributed by atoms with Crippen molar-refractivity contribution < 1.29 is 9.59 Å². The number of hydrogen-bond donors (Lipinski definition) is 1. The van der Waals surface area contributed by atoms with E-state index in [-0.39, 0.29) is 17.3 Å². The van der Waals surface area contributed by atoms with Crippen molar-refractivity contribution in [1.29, 1.82) is 0 Å². The Bertz CT molecular complexity index is 880. The van der Waals surface area contributed by atoms with Crippen molar-refractivity contribution in [3.8, 4) is 0 Å². The van der Waals surface area contributed by atoms with E-state index < -0.39 is 0 Å². The fourth-order valence-corrected chi connectivity index (χ4v) is 3.44. The maximum atomic E-state index is 12.9. The lowest BCUT2D eigenvalue weighted by atomic mass is 10.1. The summed E-state index contributed by atoms with van der Waals surface area (Å²) in [5.74, 6) is -0.562. The molecule has 0 bridgehead atoms. The largest absolute Gasteiger partial charge is 0.368 e. The molecule has 7 heteroatoms. The fourth-order valence-electron chi connectivity index (χ4n) is 3.08. The Balaban J connectivity index is 0.00000145. The van der Waals surface area contributed by atoms with Crippen molar-refractivity contribution in [3.05, 3.63) is 69.7 Å². The van der Waals surface area contributed by atoms with Crippen LogP contribution in [0.25, 0.3) is 6.08 Å². The van der Waals surface area contributed by atoms with Crippen LogP contribution in [0.15, 0.2) is 54.1 Å². The van der Waals surface area contributed by atoms with Gasteiger partial charge in [-0.05, 0) is 43.0 Å². The van der Waals surface area contributed by atoms with Crippen LogP contribution in [0.3, 0.4) is 0 Å². The highest BCUT2D eigenvalue weighted by Gasteiger charge is 2.26. The standard InChI is InChI=1S/C21H20Cl2N2O2.CH4S/c1-15(26)18(14-16-6-5-9-19(22)20(16)23)21(27)25-12-10-24(11-13-25)17-7-3-2-4-8-17;1-2/h2-9,14H,10-13H2,1H3;2H,1H3/b18-14+;. The van der Waals surface area contributed by atoms with Crippen LogP contribution in [0.5, 0.6) is 0 Å². The molecule has 0 aromatic heterocycles. The van der Waals surface area contributed by atoms with Gasteiger partial charge in [0.25, 0.3) is 5.91 Å². The molecule has 0 radical (unpaired) electrons. The Morgan fingerprint density at radius 1 is 0.931 bits per heavy atom. The number of amides is 1. The highest BCUT2D eigenvalue weighted by Crippen LogP contribution is 2.28. The van der Waals surface area contributed by atoms with Gasteiger partial charge in [0.2, 0.25) is 0 Å². The van der Waals surface area contributed by atoms with Gasteiger partial charge >= 0.3 is 0 Å². The predicted octanol–water partition coefficient (Wildman–Crippen LogP) is 4.86. The van der Waals surface area contributed by atoms with Gasteiger partial charge in [0, 0.05) is 31.9 Å². The topological polar surface area (TPSA) is 40.6 Å². The van der Waals surface area contributed by atoms with E-state index in [1.54, 1.807) is 29.4 Å². The van der Waals surface area contributed by atoms with Gasteiger partial charge in [0.15, 0.2) is 5.78 Å². The molecular formula is C22H24Cl2N2O2S. The number of hydrogen-bond acceptors (Lipinski definition) is 4. The molecule has 0 spiro atoms. The van der Waals surface area contributed by atoms with E-state index in [9.17, 15) is 9.59 Å². The van der Waals surface area contributed by atoms with E-state index in [1.807, 2.05) is 18.2 Å². The molecule has 1 aliphatic rings. The van der Waals surface area contributed by atoms with Crippen LogP contribution in [0.4, 0.5) is 5.69 Å². The molecule has 1 fully saturated rings. The average Bonchev–Trinajstić information content (AvgIpc) is 2.76. The van der Waals surface area contributed by atoms with Crippen LogP contribution in [-0.2, 0) is 9.59 Å². The van der Waals surface area contributed by atoms with E-state index in [4.69, 9.17) is 23.2 Å². The number of ketones is 1. The number of para-hydroxylation sites is 1. The summed E-state index contributed by atoms with van der Waals surface area (Å²) >= 11 is 15.8. The number of rotatable bonds is 4. The second-order valence-electron chi connectivity index (χ2n) is 6.37. The van der Waals surface area contributed by atoms with Gasteiger partial charge in [-0.2, -0.15) is 12.6 Å². The Kier molecular flexibility index (Phi) is 9.08. The van der Waals surface area contributed by atoms with Crippen LogP contribution in [-0.4, -0.2) is 49.0 Å². The number of anilines is 1. The van der Waals surface area contributed by atoms with Crippen LogP contribution in [0.2, 0.25) is 10.0 Å². The first-order valence-corrected chi connectivity index (χ1v) is 10.8. The summed E-state index contributed by atoms with van der Waals surface area (Å²) in [5, 5.41) is 0.719. The van der Waals surface area contributed by atoms with Gasteiger partial charge in [0.05, 0.1) is 15.6 Å². The predicted molar refractivity (Wildman–Crippen MR) is 125 cm³/mol. The Morgan fingerprint density at radius 2 is 1.55 bits per heavy atom. The molecule has 0 saturated carbocycles. The number of nitrogens with zero attached hydrogens (tertiary/aromatic N) is 2. The van der Waals surface area contributed by atoms with E-state index in [2.05, 4.69) is 29.7 Å². The van der Waals surface area contributed by atoms with Gasteiger partial charge < -0.3 is 9.80 Å². The molecule has 1 amide bonds. The van der Waals surface area contributed by atoms with Crippen LogP contribution >= 0.6 is 35.8 Å². The maximum Gasteiger partial charge on any atom is 0.257 e. The molecular weight excluding hydrogens is 427 g/mol. The lowest BCUT2D eigenvalue weighted by Gasteiger charge is -2.36. The molecule has 2 aromatic carbocycles. The molecule has 154 valence electrons. The van der Waals surface area contributed by atoms with Gasteiger partial charge in [0.1, 0.15) is 0 Å². The minimum Gasteiger partial charge on any atom is -0.368 e. The van der Waals surface area contributed by atoms with Crippen molar-refractivity contribution in [2.24, 2.45) is 0 Å². The van der Waals surface area contributed by atoms with Gasteiger partial charge in [-0.25, -0.2) is 0 Å².